The van der Waals surface area contributed by atoms with Crippen LogP contribution in [0.3, 0.4) is 0 Å². The van der Waals surface area contributed by atoms with Crippen LogP contribution in [0.2, 0.25) is 0 Å². The van der Waals surface area contributed by atoms with Gasteiger partial charge in [-0.05, 0) is 38.8 Å². The fraction of sp³-hybridized carbons (Fsp3) is 0.455. The maximum atomic E-state index is 12.7. The Morgan fingerprint density at radius 1 is 1.13 bits per heavy atom. The smallest absolute Gasteiger partial charge is 0.263 e. The maximum absolute atomic E-state index is 12.7. The number of rotatable bonds is 3. The van der Waals surface area contributed by atoms with Gasteiger partial charge in [0.15, 0.2) is 5.65 Å². The van der Waals surface area contributed by atoms with Gasteiger partial charge >= 0.3 is 0 Å². The number of benzene rings is 1. The van der Waals surface area contributed by atoms with Crippen LogP contribution >= 0.6 is 0 Å². The SMILES string of the molecule is Cc1ccccc1CC(=O)N1CCN(c2nc3c(cnn3C(C)(C)C)c(=O)[nH]2)CC1. The monoisotopic (exact) mass is 408 g/mol. The highest BCUT2D eigenvalue weighted by Gasteiger charge is 2.25. The number of aryl methyl sites for hydroxylation is 1. The predicted molar refractivity (Wildman–Crippen MR) is 117 cm³/mol. The van der Waals surface area contributed by atoms with Crippen LogP contribution in [0.1, 0.15) is 31.9 Å². The lowest BCUT2D eigenvalue weighted by Gasteiger charge is -2.35. The van der Waals surface area contributed by atoms with Crippen LogP contribution in [0.25, 0.3) is 11.0 Å². The molecule has 0 atom stereocenters. The number of carbonyl (C=O) groups excluding carboxylic acids is 1. The van der Waals surface area contributed by atoms with E-state index in [1.165, 1.54) is 0 Å². The molecule has 1 saturated heterocycles. The fourth-order valence-electron chi connectivity index (χ4n) is 3.80. The van der Waals surface area contributed by atoms with Gasteiger partial charge in [-0.2, -0.15) is 10.1 Å². The first-order valence-corrected chi connectivity index (χ1v) is 10.3. The van der Waals surface area contributed by atoms with Crippen LogP contribution in [0, 0.1) is 6.92 Å². The highest BCUT2D eigenvalue weighted by molar-refractivity contribution is 5.79. The highest BCUT2D eigenvalue weighted by atomic mass is 16.2. The quantitative estimate of drug-likeness (QED) is 0.717. The molecule has 8 nitrogen and oxygen atoms in total. The largest absolute Gasteiger partial charge is 0.339 e. The molecule has 0 saturated carbocycles. The van der Waals surface area contributed by atoms with E-state index < -0.39 is 0 Å². The van der Waals surface area contributed by atoms with Gasteiger partial charge in [-0.3, -0.25) is 14.6 Å². The first-order valence-electron chi connectivity index (χ1n) is 10.3. The third-order valence-corrected chi connectivity index (χ3v) is 5.60. The van der Waals surface area contributed by atoms with Crippen molar-refractivity contribution in [3.05, 3.63) is 51.9 Å². The van der Waals surface area contributed by atoms with E-state index in [2.05, 4.69) is 10.1 Å². The Morgan fingerprint density at radius 2 is 1.83 bits per heavy atom. The standard InChI is InChI=1S/C22H28N6O2/c1-15-7-5-6-8-16(15)13-18(29)26-9-11-27(12-10-26)21-24-19-17(20(30)25-21)14-23-28(19)22(2,3)4/h5-8,14H,9-13H2,1-4H3,(H,24,25,30). The van der Waals surface area contributed by atoms with Gasteiger partial charge in [-0.15, -0.1) is 0 Å². The Hall–Kier alpha value is -3.16. The van der Waals surface area contributed by atoms with Crippen molar-refractivity contribution in [3.8, 4) is 0 Å². The van der Waals surface area contributed by atoms with E-state index in [1.54, 1.807) is 10.9 Å². The number of nitrogens with zero attached hydrogens (tertiary/aromatic N) is 5. The van der Waals surface area contributed by atoms with Crippen molar-refractivity contribution in [2.24, 2.45) is 0 Å². The molecular formula is C22H28N6O2. The zero-order valence-corrected chi connectivity index (χ0v) is 18.0. The molecule has 1 fully saturated rings. The minimum Gasteiger partial charge on any atom is -0.339 e. The second kappa shape index (κ2) is 7.59. The summed E-state index contributed by atoms with van der Waals surface area (Å²) in [5.41, 5.74) is 2.32. The van der Waals surface area contributed by atoms with Gasteiger partial charge in [0.2, 0.25) is 11.9 Å². The number of amides is 1. The Kier molecular flexibility index (Phi) is 5.09. The molecule has 1 N–H and O–H groups in total. The number of anilines is 1. The predicted octanol–water partition coefficient (Wildman–Crippen LogP) is 2.07. The minimum atomic E-state index is -0.277. The number of carbonyl (C=O) groups is 1. The summed E-state index contributed by atoms with van der Waals surface area (Å²) >= 11 is 0. The molecule has 1 aliphatic rings. The first kappa shape index (κ1) is 20.1. The number of H-pyrrole nitrogens is 1. The van der Waals surface area contributed by atoms with Gasteiger partial charge in [-0.1, -0.05) is 24.3 Å². The number of aromatic nitrogens is 4. The normalized spacial score (nSPS) is 15.1. The Balaban J connectivity index is 1.49. The van der Waals surface area contributed by atoms with Crippen molar-refractivity contribution in [1.82, 2.24) is 24.6 Å². The van der Waals surface area contributed by atoms with E-state index in [0.29, 0.717) is 49.6 Å². The van der Waals surface area contributed by atoms with Crippen LogP contribution < -0.4 is 10.5 Å². The summed E-state index contributed by atoms with van der Waals surface area (Å²) in [6.07, 6.45) is 1.98. The van der Waals surface area contributed by atoms with Crippen LogP contribution in [0.4, 0.5) is 5.95 Å². The molecule has 1 aromatic carbocycles. The van der Waals surface area contributed by atoms with Gasteiger partial charge in [0.1, 0.15) is 5.39 Å². The molecule has 8 heteroatoms. The Bertz CT molecular complexity index is 1130. The lowest BCUT2D eigenvalue weighted by atomic mass is 10.1. The second-order valence-corrected chi connectivity index (χ2v) is 8.83. The van der Waals surface area contributed by atoms with Crippen molar-refractivity contribution < 1.29 is 4.79 Å². The molecule has 0 bridgehead atoms. The van der Waals surface area contributed by atoms with Crippen molar-refractivity contribution >= 4 is 22.9 Å². The van der Waals surface area contributed by atoms with Crippen LogP contribution in [0.15, 0.2) is 35.3 Å². The van der Waals surface area contributed by atoms with Crippen LogP contribution in [-0.2, 0) is 16.8 Å². The van der Waals surface area contributed by atoms with Gasteiger partial charge < -0.3 is 9.80 Å². The average molecular weight is 409 g/mol. The summed E-state index contributed by atoms with van der Waals surface area (Å²) < 4.78 is 1.78. The first-order chi connectivity index (χ1) is 14.2. The van der Waals surface area contributed by atoms with E-state index in [4.69, 9.17) is 4.98 Å². The van der Waals surface area contributed by atoms with Crippen molar-refractivity contribution in [3.63, 3.8) is 0 Å². The summed E-state index contributed by atoms with van der Waals surface area (Å²) in [4.78, 5) is 36.8. The summed E-state index contributed by atoms with van der Waals surface area (Å²) in [5.74, 6) is 0.663. The molecule has 0 aliphatic carbocycles. The molecule has 3 aromatic rings. The van der Waals surface area contributed by atoms with E-state index in [1.807, 2.05) is 61.8 Å². The third-order valence-electron chi connectivity index (χ3n) is 5.60. The van der Waals surface area contributed by atoms with Crippen LogP contribution in [-0.4, -0.2) is 56.7 Å². The molecular weight excluding hydrogens is 380 g/mol. The van der Waals surface area contributed by atoms with Crippen molar-refractivity contribution in [2.75, 3.05) is 31.1 Å². The molecule has 158 valence electrons. The third kappa shape index (κ3) is 3.81. The molecule has 0 spiro atoms. The maximum Gasteiger partial charge on any atom is 0.263 e. The van der Waals surface area contributed by atoms with E-state index in [0.717, 1.165) is 11.1 Å². The molecule has 30 heavy (non-hydrogen) atoms. The Labute approximate surface area is 175 Å². The van der Waals surface area contributed by atoms with Gasteiger partial charge in [0.25, 0.3) is 5.56 Å². The zero-order valence-electron chi connectivity index (χ0n) is 18.0. The molecule has 1 aliphatic heterocycles. The number of piperazine rings is 1. The highest BCUT2D eigenvalue weighted by Crippen LogP contribution is 2.20. The minimum absolute atomic E-state index is 0.131. The van der Waals surface area contributed by atoms with E-state index >= 15 is 0 Å². The van der Waals surface area contributed by atoms with Crippen LogP contribution in [0.5, 0.6) is 0 Å². The number of hydrogen-bond acceptors (Lipinski definition) is 5. The number of fused-ring (bicyclic) bond motifs is 1. The fourth-order valence-corrected chi connectivity index (χ4v) is 3.80. The Morgan fingerprint density at radius 3 is 2.50 bits per heavy atom. The summed E-state index contributed by atoms with van der Waals surface area (Å²) in [6.45, 7) is 10.6. The summed E-state index contributed by atoms with van der Waals surface area (Å²) in [7, 11) is 0. The molecule has 2 aromatic heterocycles. The summed E-state index contributed by atoms with van der Waals surface area (Å²) in [5, 5.41) is 4.85. The summed E-state index contributed by atoms with van der Waals surface area (Å²) in [6, 6.07) is 7.99. The molecule has 4 rings (SSSR count). The number of nitrogens with one attached hydrogen (secondary N) is 1. The van der Waals surface area contributed by atoms with Crippen molar-refractivity contribution in [2.45, 2.75) is 39.7 Å². The second-order valence-electron chi connectivity index (χ2n) is 8.83. The van der Waals surface area contributed by atoms with Gasteiger partial charge in [0, 0.05) is 26.2 Å². The van der Waals surface area contributed by atoms with E-state index in [9.17, 15) is 9.59 Å². The lowest BCUT2D eigenvalue weighted by Crippen LogP contribution is -2.50. The average Bonchev–Trinajstić information content (AvgIpc) is 3.15. The number of hydrogen-bond donors (Lipinski definition) is 1. The van der Waals surface area contributed by atoms with Gasteiger partial charge in [-0.25, -0.2) is 4.68 Å². The van der Waals surface area contributed by atoms with E-state index in [-0.39, 0.29) is 17.0 Å². The number of aromatic amines is 1. The molecule has 0 radical (unpaired) electrons. The molecule has 3 heterocycles. The molecule has 1 amide bonds. The topological polar surface area (TPSA) is 87.1 Å². The van der Waals surface area contributed by atoms with Crippen molar-refractivity contribution in [1.29, 1.82) is 0 Å². The zero-order chi connectivity index (χ0) is 21.5. The lowest BCUT2D eigenvalue weighted by molar-refractivity contribution is -0.130. The molecule has 0 unspecified atom stereocenters. The van der Waals surface area contributed by atoms with Gasteiger partial charge in [0.05, 0.1) is 18.2 Å².